The Hall–Kier alpha value is -1.85. The third-order valence-corrected chi connectivity index (χ3v) is 4.94. The van der Waals surface area contributed by atoms with Crippen LogP contribution in [-0.4, -0.2) is 58.5 Å². The highest BCUT2D eigenvalue weighted by molar-refractivity contribution is 5.95. The molecule has 0 unspecified atom stereocenters. The van der Waals surface area contributed by atoms with Crippen LogP contribution in [-0.2, 0) is 11.2 Å². The van der Waals surface area contributed by atoms with Gasteiger partial charge in [0.15, 0.2) is 0 Å². The predicted octanol–water partition coefficient (Wildman–Crippen LogP) is 1.06. The van der Waals surface area contributed by atoms with Gasteiger partial charge in [-0.3, -0.25) is 14.7 Å². The predicted molar refractivity (Wildman–Crippen MR) is 77.8 cm³/mol. The molecule has 1 aromatic heterocycles. The van der Waals surface area contributed by atoms with Gasteiger partial charge < -0.3 is 9.80 Å². The summed E-state index contributed by atoms with van der Waals surface area (Å²) in [6, 6.07) is 0. The average Bonchev–Trinajstić information content (AvgIpc) is 3.04. The van der Waals surface area contributed by atoms with Crippen molar-refractivity contribution in [3.05, 3.63) is 17.5 Å². The zero-order valence-electron chi connectivity index (χ0n) is 12.7. The van der Waals surface area contributed by atoms with Crippen LogP contribution in [0.25, 0.3) is 0 Å². The minimum Gasteiger partial charge on any atom is -0.345 e. The van der Waals surface area contributed by atoms with Gasteiger partial charge in [-0.2, -0.15) is 5.10 Å². The standard InChI is InChI=1S/C15H22N4O2/c1-3-12-11(9-16-17-12)14(21)19-6-4-15(5-7-19)8-13(20)18(2)10-15/h9H,3-8,10H2,1-2H3,(H,16,17). The van der Waals surface area contributed by atoms with Crippen LogP contribution in [0, 0.1) is 5.41 Å². The van der Waals surface area contributed by atoms with Gasteiger partial charge in [0, 0.05) is 44.2 Å². The van der Waals surface area contributed by atoms with E-state index in [2.05, 4.69) is 10.2 Å². The summed E-state index contributed by atoms with van der Waals surface area (Å²) in [5.41, 5.74) is 1.68. The van der Waals surface area contributed by atoms with E-state index in [1.165, 1.54) is 0 Å². The summed E-state index contributed by atoms with van der Waals surface area (Å²) >= 11 is 0. The number of likely N-dealkylation sites (tertiary alicyclic amines) is 2. The summed E-state index contributed by atoms with van der Waals surface area (Å²) in [7, 11) is 1.87. The lowest BCUT2D eigenvalue weighted by atomic mass is 9.77. The molecule has 0 radical (unpaired) electrons. The lowest BCUT2D eigenvalue weighted by Crippen LogP contribution is -2.44. The molecule has 6 heteroatoms. The maximum atomic E-state index is 12.6. The Morgan fingerprint density at radius 1 is 1.43 bits per heavy atom. The molecule has 114 valence electrons. The first-order valence-corrected chi connectivity index (χ1v) is 7.60. The highest BCUT2D eigenvalue weighted by atomic mass is 16.2. The summed E-state index contributed by atoms with van der Waals surface area (Å²) < 4.78 is 0. The van der Waals surface area contributed by atoms with Crippen LogP contribution >= 0.6 is 0 Å². The number of piperidine rings is 1. The Balaban J connectivity index is 1.66. The molecule has 0 saturated carbocycles. The molecule has 3 heterocycles. The number of carbonyl (C=O) groups is 2. The van der Waals surface area contributed by atoms with Gasteiger partial charge in [0.2, 0.25) is 5.91 Å². The van der Waals surface area contributed by atoms with Crippen molar-refractivity contribution in [3.8, 4) is 0 Å². The Kier molecular flexibility index (Phi) is 3.47. The first-order chi connectivity index (χ1) is 10.0. The van der Waals surface area contributed by atoms with E-state index in [9.17, 15) is 9.59 Å². The normalized spacial score (nSPS) is 21.3. The highest BCUT2D eigenvalue weighted by Gasteiger charge is 2.44. The Morgan fingerprint density at radius 2 is 2.14 bits per heavy atom. The number of H-pyrrole nitrogens is 1. The topological polar surface area (TPSA) is 69.3 Å². The molecule has 2 aliphatic rings. The average molecular weight is 290 g/mol. The quantitative estimate of drug-likeness (QED) is 0.885. The first kappa shape index (κ1) is 14.1. The zero-order chi connectivity index (χ0) is 15.0. The number of carbonyl (C=O) groups excluding carboxylic acids is 2. The maximum Gasteiger partial charge on any atom is 0.257 e. The molecular weight excluding hydrogens is 268 g/mol. The number of hydrogen-bond acceptors (Lipinski definition) is 3. The number of hydrogen-bond donors (Lipinski definition) is 1. The van der Waals surface area contributed by atoms with Crippen LogP contribution in [0.4, 0.5) is 0 Å². The minimum atomic E-state index is 0.0631. The summed E-state index contributed by atoms with van der Waals surface area (Å²) in [6.07, 6.45) is 4.86. The Labute approximate surface area is 124 Å². The van der Waals surface area contributed by atoms with Crippen molar-refractivity contribution < 1.29 is 9.59 Å². The van der Waals surface area contributed by atoms with Crippen LogP contribution in [0.1, 0.15) is 42.2 Å². The molecule has 0 atom stereocenters. The van der Waals surface area contributed by atoms with E-state index < -0.39 is 0 Å². The van der Waals surface area contributed by atoms with Crippen molar-refractivity contribution in [1.82, 2.24) is 20.0 Å². The first-order valence-electron chi connectivity index (χ1n) is 7.60. The van der Waals surface area contributed by atoms with E-state index in [1.54, 1.807) is 6.20 Å². The van der Waals surface area contributed by atoms with Crippen molar-refractivity contribution in [2.24, 2.45) is 5.41 Å². The number of aromatic amines is 1. The van der Waals surface area contributed by atoms with Gasteiger partial charge in [0.1, 0.15) is 0 Å². The van der Waals surface area contributed by atoms with Crippen LogP contribution in [0.5, 0.6) is 0 Å². The molecule has 2 aliphatic heterocycles. The van der Waals surface area contributed by atoms with Crippen molar-refractivity contribution in [2.75, 3.05) is 26.7 Å². The highest BCUT2D eigenvalue weighted by Crippen LogP contribution is 2.40. The summed E-state index contributed by atoms with van der Waals surface area (Å²) in [4.78, 5) is 28.1. The molecule has 0 aliphatic carbocycles. The maximum absolute atomic E-state index is 12.6. The van der Waals surface area contributed by atoms with E-state index >= 15 is 0 Å². The van der Waals surface area contributed by atoms with Crippen LogP contribution in [0.2, 0.25) is 0 Å². The van der Waals surface area contributed by atoms with Crippen LogP contribution in [0.15, 0.2) is 6.20 Å². The number of aryl methyl sites for hydroxylation is 1. The molecule has 21 heavy (non-hydrogen) atoms. The molecule has 0 bridgehead atoms. The number of nitrogens with one attached hydrogen (secondary N) is 1. The van der Waals surface area contributed by atoms with Gasteiger partial charge in [-0.05, 0) is 19.3 Å². The Bertz CT molecular complexity index is 558. The lowest BCUT2D eigenvalue weighted by molar-refractivity contribution is -0.126. The van der Waals surface area contributed by atoms with E-state index in [-0.39, 0.29) is 17.2 Å². The summed E-state index contributed by atoms with van der Waals surface area (Å²) in [5, 5.41) is 6.86. The van der Waals surface area contributed by atoms with Gasteiger partial charge in [-0.15, -0.1) is 0 Å². The number of amides is 2. The van der Waals surface area contributed by atoms with Crippen molar-refractivity contribution in [1.29, 1.82) is 0 Å². The second kappa shape index (κ2) is 5.16. The summed E-state index contributed by atoms with van der Waals surface area (Å²) in [6.45, 7) is 4.30. The molecule has 1 spiro atoms. The number of nitrogens with zero attached hydrogens (tertiary/aromatic N) is 3. The van der Waals surface area contributed by atoms with Crippen molar-refractivity contribution >= 4 is 11.8 Å². The molecule has 3 rings (SSSR count). The molecular formula is C15H22N4O2. The van der Waals surface area contributed by atoms with E-state index in [0.717, 1.165) is 44.6 Å². The number of rotatable bonds is 2. The third kappa shape index (κ3) is 2.43. The van der Waals surface area contributed by atoms with Crippen LogP contribution < -0.4 is 0 Å². The van der Waals surface area contributed by atoms with Crippen LogP contribution in [0.3, 0.4) is 0 Å². The third-order valence-electron chi connectivity index (χ3n) is 4.94. The van der Waals surface area contributed by atoms with Gasteiger partial charge in [-0.1, -0.05) is 6.92 Å². The SMILES string of the molecule is CCc1[nH]ncc1C(=O)N1CCC2(CC1)CC(=O)N(C)C2. The molecule has 2 fully saturated rings. The second-order valence-electron chi connectivity index (χ2n) is 6.33. The molecule has 2 saturated heterocycles. The minimum absolute atomic E-state index is 0.0631. The van der Waals surface area contributed by atoms with E-state index in [4.69, 9.17) is 0 Å². The lowest BCUT2D eigenvalue weighted by Gasteiger charge is -2.38. The molecule has 0 aromatic carbocycles. The van der Waals surface area contributed by atoms with E-state index in [1.807, 2.05) is 23.8 Å². The molecule has 1 N–H and O–H groups in total. The largest absolute Gasteiger partial charge is 0.345 e. The molecule has 6 nitrogen and oxygen atoms in total. The van der Waals surface area contributed by atoms with Gasteiger partial charge in [0.05, 0.1) is 11.8 Å². The molecule has 2 amide bonds. The van der Waals surface area contributed by atoms with Gasteiger partial charge >= 0.3 is 0 Å². The van der Waals surface area contributed by atoms with E-state index in [0.29, 0.717) is 12.0 Å². The van der Waals surface area contributed by atoms with Gasteiger partial charge in [0.25, 0.3) is 5.91 Å². The fourth-order valence-electron chi connectivity index (χ4n) is 3.56. The number of aromatic nitrogens is 2. The monoisotopic (exact) mass is 290 g/mol. The smallest absolute Gasteiger partial charge is 0.257 e. The molecule has 1 aromatic rings. The van der Waals surface area contributed by atoms with Gasteiger partial charge in [-0.25, -0.2) is 0 Å². The van der Waals surface area contributed by atoms with Crippen molar-refractivity contribution in [3.63, 3.8) is 0 Å². The van der Waals surface area contributed by atoms with Crippen molar-refractivity contribution in [2.45, 2.75) is 32.6 Å². The summed E-state index contributed by atoms with van der Waals surface area (Å²) in [5.74, 6) is 0.297. The Morgan fingerprint density at radius 3 is 2.71 bits per heavy atom. The second-order valence-corrected chi connectivity index (χ2v) is 6.33. The zero-order valence-corrected chi connectivity index (χ0v) is 12.7. The fraction of sp³-hybridized carbons (Fsp3) is 0.667. The fourth-order valence-corrected chi connectivity index (χ4v) is 3.56.